The Hall–Kier alpha value is -0.610. The van der Waals surface area contributed by atoms with Gasteiger partial charge in [0.1, 0.15) is 5.54 Å². The largest absolute Gasteiger partial charge is 0.480 e. The van der Waals surface area contributed by atoms with Gasteiger partial charge in [0.15, 0.2) is 0 Å². The molecule has 0 amide bonds. The first kappa shape index (κ1) is 17.4. The molecule has 2 unspecified atom stereocenters. The number of rotatable bonds is 7. The molecule has 2 atom stereocenters. The van der Waals surface area contributed by atoms with E-state index in [2.05, 4.69) is 31.0 Å². The summed E-state index contributed by atoms with van der Waals surface area (Å²) < 4.78 is 0. The zero-order chi connectivity index (χ0) is 15.3. The number of carboxylic acids is 1. The Kier molecular flexibility index (Phi) is 6.46. The molecule has 1 aliphatic heterocycles. The van der Waals surface area contributed by atoms with E-state index in [4.69, 9.17) is 0 Å². The molecule has 1 aliphatic rings. The Morgan fingerprint density at radius 1 is 1.35 bits per heavy atom. The normalized spacial score (nSPS) is 22.7. The molecule has 1 heterocycles. The van der Waals surface area contributed by atoms with Crippen LogP contribution in [0.1, 0.15) is 53.9 Å². The van der Waals surface area contributed by atoms with E-state index < -0.39 is 11.5 Å². The maximum atomic E-state index is 11.5. The van der Waals surface area contributed by atoms with E-state index in [1.54, 1.807) is 6.92 Å². The molecule has 0 spiro atoms. The molecular weight excluding hydrogens is 252 g/mol. The van der Waals surface area contributed by atoms with Crippen LogP contribution < -0.4 is 5.32 Å². The van der Waals surface area contributed by atoms with Crippen molar-refractivity contribution in [3.05, 3.63) is 0 Å². The SMILES string of the molecule is CCNC(C)(CC(C)N1CCC(C(C)C)CC1)C(=O)O. The lowest BCUT2D eigenvalue weighted by Crippen LogP contribution is -2.54. The zero-order valence-electron chi connectivity index (χ0n) is 13.8. The van der Waals surface area contributed by atoms with E-state index in [1.807, 2.05) is 6.92 Å². The van der Waals surface area contributed by atoms with Gasteiger partial charge in [-0.2, -0.15) is 0 Å². The number of likely N-dealkylation sites (N-methyl/N-ethyl adjacent to an activating group) is 1. The molecule has 4 nitrogen and oxygen atoms in total. The second kappa shape index (κ2) is 7.41. The van der Waals surface area contributed by atoms with Crippen LogP contribution in [0.15, 0.2) is 0 Å². The van der Waals surface area contributed by atoms with E-state index >= 15 is 0 Å². The molecule has 0 aromatic carbocycles. The molecule has 2 N–H and O–H groups in total. The number of hydrogen-bond donors (Lipinski definition) is 2. The average molecular weight is 284 g/mol. The van der Waals surface area contributed by atoms with Crippen LogP contribution in [0.2, 0.25) is 0 Å². The van der Waals surface area contributed by atoms with Gasteiger partial charge in [0.25, 0.3) is 0 Å². The minimum atomic E-state index is -0.816. The summed E-state index contributed by atoms with van der Waals surface area (Å²) >= 11 is 0. The second-order valence-corrected chi connectivity index (χ2v) is 6.84. The summed E-state index contributed by atoms with van der Waals surface area (Å²) in [6.45, 7) is 13.4. The minimum absolute atomic E-state index is 0.309. The molecule has 0 bridgehead atoms. The first-order chi connectivity index (χ1) is 9.30. The van der Waals surface area contributed by atoms with Crippen molar-refractivity contribution >= 4 is 5.97 Å². The van der Waals surface area contributed by atoms with Crippen LogP contribution in [0.25, 0.3) is 0 Å². The predicted octanol–water partition coefficient (Wildman–Crippen LogP) is 2.59. The second-order valence-electron chi connectivity index (χ2n) is 6.84. The zero-order valence-corrected chi connectivity index (χ0v) is 13.8. The number of carbonyl (C=O) groups is 1. The van der Waals surface area contributed by atoms with Crippen LogP contribution in [0.5, 0.6) is 0 Å². The number of nitrogens with one attached hydrogen (secondary N) is 1. The lowest BCUT2D eigenvalue weighted by atomic mass is 9.85. The molecule has 0 aromatic rings. The standard InChI is InChI=1S/C16H32N2O2/c1-6-17-16(5,15(19)20)11-13(4)18-9-7-14(8-10-18)12(2)3/h12-14,17H,6-11H2,1-5H3,(H,19,20). The fourth-order valence-electron chi connectivity index (χ4n) is 3.37. The van der Waals surface area contributed by atoms with Crippen molar-refractivity contribution in [3.8, 4) is 0 Å². The number of hydrogen-bond acceptors (Lipinski definition) is 3. The van der Waals surface area contributed by atoms with Gasteiger partial charge in [-0.3, -0.25) is 4.79 Å². The molecule has 20 heavy (non-hydrogen) atoms. The van der Waals surface area contributed by atoms with Crippen molar-refractivity contribution < 1.29 is 9.90 Å². The summed E-state index contributed by atoms with van der Waals surface area (Å²) in [6.07, 6.45) is 3.14. The summed E-state index contributed by atoms with van der Waals surface area (Å²) in [7, 11) is 0. The third kappa shape index (κ3) is 4.45. The molecule has 0 aromatic heterocycles. The summed E-state index contributed by atoms with van der Waals surface area (Å²) in [5, 5.41) is 12.6. The Morgan fingerprint density at radius 3 is 2.30 bits per heavy atom. The summed E-state index contributed by atoms with van der Waals surface area (Å²) in [6, 6.07) is 0.309. The summed E-state index contributed by atoms with van der Waals surface area (Å²) in [5.74, 6) is 0.847. The third-order valence-electron chi connectivity index (χ3n) is 4.88. The van der Waals surface area contributed by atoms with E-state index in [-0.39, 0.29) is 0 Å². The van der Waals surface area contributed by atoms with Crippen molar-refractivity contribution in [2.45, 2.75) is 65.5 Å². The topological polar surface area (TPSA) is 52.6 Å². The van der Waals surface area contributed by atoms with Gasteiger partial charge in [-0.15, -0.1) is 0 Å². The molecular formula is C16H32N2O2. The third-order valence-corrected chi connectivity index (χ3v) is 4.88. The highest BCUT2D eigenvalue weighted by Crippen LogP contribution is 2.27. The summed E-state index contributed by atoms with van der Waals surface area (Å²) in [5.41, 5.74) is -0.816. The number of aliphatic carboxylic acids is 1. The fourth-order valence-corrected chi connectivity index (χ4v) is 3.37. The van der Waals surface area contributed by atoms with Gasteiger partial charge in [0, 0.05) is 6.04 Å². The van der Waals surface area contributed by atoms with E-state index in [1.165, 1.54) is 12.8 Å². The molecule has 0 radical (unpaired) electrons. The van der Waals surface area contributed by atoms with Crippen molar-refractivity contribution in [3.63, 3.8) is 0 Å². The smallest absolute Gasteiger partial charge is 0.323 e. The van der Waals surface area contributed by atoms with Crippen molar-refractivity contribution in [1.82, 2.24) is 10.2 Å². The molecule has 1 rings (SSSR count). The van der Waals surface area contributed by atoms with Crippen LogP contribution in [0.4, 0.5) is 0 Å². The van der Waals surface area contributed by atoms with Crippen LogP contribution in [0, 0.1) is 11.8 Å². The first-order valence-corrected chi connectivity index (χ1v) is 8.02. The van der Waals surface area contributed by atoms with Crippen LogP contribution >= 0.6 is 0 Å². The lowest BCUT2D eigenvalue weighted by molar-refractivity contribution is -0.145. The molecule has 0 aliphatic carbocycles. The number of piperidine rings is 1. The van der Waals surface area contributed by atoms with E-state index in [0.29, 0.717) is 19.0 Å². The van der Waals surface area contributed by atoms with Gasteiger partial charge in [-0.05, 0) is 64.6 Å². The fraction of sp³-hybridized carbons (Fsp3) is 0.938. The maximum absolute atomic E-state index is 11.5. The minimum Gasteiger partial charge on any atom is -0.480 e. The number of carboxylic acid groups (broad SMARTS) is 1. The van der Waals surface area contributed by atoms with Gasteiger partial charge in [-0.1, -0.05) is 20.8 Å². The number of likely N-dealkylation sites (tertiary alicyclic amines) is 1. The highest BCUT2D eigenvalue weighted by Gasteiger charge is 2.36. The van der Waals surface area contributed by atoms with Gasteiger partial charge in [-0.25, -0.2) is 0 Å². The van der Waals surface area contributed by atoms with Crippen LogP contribution in [0.3, 0.4) is 0 Å². The maximum Gasteiger partial charge on any atom is 0.323 e. The Labute approximate surface area is 123 Å². The Morgan fingerprint density at radius 2 is 1.90 bits per heavy atom. The highest BCUT2D eigenvalue weighted by molar-refractivity contribution is 5.78. The Balaban J connectivity index is 2.54. The van der Waals surface area contributed by atoms with Gasteiger partial charge in [0.2, 0.25) is 0 Å². The van der Waals surface area contributed by atoms with Crippen molar-refractivity contribution in [2.75, 3.05) is 19.6 Å². The van der Waals surface area contributed by atoms with E-state index in [9.17, 15) is 9.90 Å². The van der Waals surface area contributed by atoms with Gasteiger partial charge < -0.3 is 15.3 Å². The molecule has 118 valence electrons. The van der Waals surface area contributed by atoms with Crippen LogP contribution in [-0.4, -0.2) is 47.2 Å². The van der Waals surface area contributed by atoms with Crippen molar-refractivity contribution in [2.24, 2.45) is 11.8 Å². The molecule has 0 saturated carbocycles. The van der Waals surface area contributed by atoms with Crippen LogP contribution in [-0.2, 0) is 4.79 Å². The molecule has 1 saturated heterocycles. The van der Waals surface area contributed by atoms with Crippen molar-refractivity contribution in [1.29, 1.82) is 0 Å². The summed E-state index contributed by atoms with van der Waals surface area (Å²) in [4.78, 5) is 13.9. The first-order valence-electron chi connectivity index (χ1n) is 8.02. The molecule has 1 fully saturated rings. The average Bonchev–Trinajstić information content (AvgIpc) is 2.38. The monoisotopic (exact) mass is 284 g/mol. The van der Waals surface area contributed by atoms with E-state index in [0.717, 1.165) is 24.9 Å². The lowest BCUT2D eigenvalue weighted by Gasteiger charge is -2.40. The van der Waals surface area contributed by atoms with Gasteiger partial charge >= 0.3 is 5.97 Å². The molecule has 4 heteroatoms. The van der Waals surface area contributed by atoms with Gasteiger partial charge in [0.05, 0.1) is 0 Å². The highest BCUT2D eigenvalue weighted by atomic mass is 16.4. The number of nitrogens with zero attached hydrogens (tertiary/aromatic N) is 1. The Bertz CT molecular complexity index is 312. The predicted molar refractivity (Wildman–Crippen MR) is 82.9 cm³/mol. The quantitative estimate of drug-likeness (QED) is 0.754.